The van der Waals surface area contributed by atoms with Gasteiger partial charge in [-0.25, -0.2) is 0 Å². The van der Waals surface area contributed by atoms with Crippen LogP contribution in [0.3, 0.4) is 0 Å². The Kier molecular flexibility index (Phi) is 4.04. The number of nitrogens with zero attached hydrogens (tertiary/aromatic N) is 2. The predicted molar refractivity (Wildman–Crippen MR) is 87.2 cm³/mol. The van der Waals surface area contributed by atoms with Crippen LogP contribution < -0.4 is 4.90 Å². The van der Waals surface area contributed by atoms with Crippen molar-refractivity contribution < 1.29 is 9.72 Å². The summed E-state index contributed by atoms with van der Waals surface area (Å²) in [5.74, 6) is 0.295. The Hall–Kier alpha value is -2.05. The number of carbonyl (C=O) groups excluding carboxylic acids is 1. The van der Waals surface area contributed by atoms with Gasteiger partial charge in [0.15, 0.2) is 0 Å². The molecule has 1 heterocycles. The molecule has 2 aromatic carbocycles. The molecule has 0 aromatic heterocycles. The lowest BCUT2D eigenvalue weighted by Crippen LogP contribution is -2.27. The third-order valence-corrected chi connectivity index (χ3v) is 4.77. The topological polar surface area (TPSA) is 63.4 Å². The highest BCUT2D eigenvalue weighted by molar-refractivity contribution is 8.00. The number of halogens is 1. The maximum Gasteiger partial charge on any atom is 0.269 e. The Morgan fingerprint density at radius 1 is 1.23 bits per heavy atom. The Morgan fingerprint density at radius 2 is 2.00 bits per heavy atom. The number of anilines is 1. The molecule has 0 saturated carbocycles. The molecule has 2 aromatic rings. The fourth-order valence-electron chi connectivity index (χ4n) is 2.37. The van der Waals surface area contributed by atoms with E-state index in [9.17, 15) is 14.9 Å². The summed E-state index contributed by atoms with van der Waals surface area (Å²) in [6.45, 7) is 0. The van der Waals surface area contributed by atoms with E-state index in [-0.39, 0.29) is 17.0 Å². The summed E-state index contributed by atoms with van der Waals surface area (Å²) in [4.78, 5) is 24.3. The van der Waals surface area contributed by atoms with Crippen molar-refractivity contribution >= 4 is 40.6 Å². The number of amides is 1. The first-order valence-corrected chi connectivity index (χ1v) is 7.92. The van der Waals surface area contributed by atoms with Crippen LogP contribution in [0.15, 0.2) is 48.5 Å². The van der Waals surface area contributed by atoms with Crippen molar-refractivity contribution in [2.45, 2.75) is 5.37 Å². The summed E-state index contributed by atoms with van der Waals surface area (Å²) in [5, 5.41) is 11.2. The normalized spacial score (nSPS) is 17.8. The molecule has 1 aliphatic heterocycles. The molecule has 112 valence electrons. The van der Waals surface area contributed by atoms with Gasteiger partial charge in [-0.2, -0.15) is 0 Å². The lowest BCUT2D eigenvalue weighted by atomic mass is 10.1. The van der Waals surface area contributed by atoms with Crippen molar-refractivity contribution in [3.05, 3.63) is 69.2 Å². The van der Waals surface area contributed by atoms with E-state index in [1.165, 1.54) is 23.9 Å². The monoisotopic (exact) mass is 334 g/mol. The van der Waals surface area contributed by atoms with E-state index in [1.807, 2.05) is 0 Å². The standard InChI is InChI=1S/C15H11ClN2O3S/c16-11-4-2-5-12(8-11)17-14(19)9-22-15(17)10-3-1-6-13(7-10)18(20)21/h1-8,15H,9H2/t15-/m1/s1. The highest BCUT2D eigenvalue weighted by Gasteiger charge is 2.34. The zero-order valence-corrected chi connectivity index (χ0v) is 12.9. The second-order valence-electron chi connectivity index (χ2n) is 4.76. The average Bonchev–Trinajstić information content (AvgIpc) is 2.89. The van der Waals surface area contributed by atoms with E-state index in [2.05, 4.69) is 0 Å². The van der Waals surface area contributed by atoms with Crippen LogP contribution in [-0.4, -0.2) is 16.6 Å². The summed E-state index contributed by atoms with van der Waals surface area (Å²) in [6, 6.07) is 13.4. The Bertz CT molecular complexity index is 753. The highest BCUT2D eigenvalue weighted by Crippen LogP contribution is 2.42. The number of nitro benzene ring substituents is 1. The number of non-ortho nitro benzene ring substituents is 1. The summed E-state index contributed by atoms with van der Waals surface area (Å²) < 4.78 is 0. The molecule has 0 radical (unpaired) electrons. The lowest BCUT2D eigenvalue weighted by Gasteiger charge is -2.24. The second-order valence-corrected chi connectivity index (χ2v) is 6.26. The molecular weight excluding hydrogens is 324 g/mol. The molecule has 0 aliphatic carbocycles. The molecule has 3 rings (SSSR count). The molecular formula is C15H11ClN2O3S. The van der Waals surface area contributed by atoms with Gasteiger partial charge < -0.3 is 0 Å². The molecule has 1 fully saturated rings. The third kappa shape index (κ3) is 2.80. The number of thioether (sulfide) groups is 1. The summed E-state index contributed by atoms with van der Waals surface area (Å²) >= 11 is 7.44. The average molecular weight is 335 g/mol. The van der Waals surface area contributed by atoms with E-state index in [1.54, 1.807) is 41.3 Å². The van der Waals surface area contributed by atoms with Crippen LogP contribution in [0.25, 0.3) is 0 Å². The molecule has 1 amide bonds. The van der Waals surface area contributed by atoms with Crippen molar-refractivity contribution in [2.75, 3.05) is 10.7 Å². The molecule has 0 N–H and O–H groups in total. The van der Waals surface area contributed by atoms with Gasteiger partial charge in [0, 0.05) is 22.8 Å². The number of rotatable bonds is 3. The third-order valence-electron chi connectivity index (χ3n) is 3.32. The smallest absolute Gasteiger partial charge is 0.269 e. The number of carbonyl (C=O) groups is 1. The summed E-state index contributed by atoms with van der Waals surface area (Å²) in [7, 11) is 0. The molecule has 0 bridgehead atoms. The van der Waals surface area contributed by atoms with Gasteiger partial charge in [-0.1, -0.05) is 29.8 Å². The van der Waals surface area contributed by atoms with Gasteiger partial charge in [0.1, 0.15) is 5.37 Å². The minimum absolute atomic E-state index is 0.0171. The maximum absolute atomic E-state index is 12.2. The predicted octanol–water partition coefficient (Wildman–Crippen LogP) is 4.03. The lowest BCUT2D eigenvalue weighted by molar-refractivity contribution is -0.384. The molecule has 7 heteroatoms. The fourth-order valence-corrected chi connectivity index (χ4v) is 3.72. The Morgan fingerprint density at radius 3 is 2.73 bits per heavy atom. The van der Waals surface area contributed by atoms with Crippen LogP contribution in [0.5, 0.6) is 0 Å². The summed E-state index contributed by atoms with van der Waals surface area (Å²) in [6.07, 6.45) is 0. The minimum Gasteiger partial charge on any atom is -0.295 e. The van der Waals surface area contributed by atoms with Gasteiger partial charge in [0.2, 0.25) is 5.91 Å². The first-order chi connectivity index (χ1) is 10.6. The van der Waals surface area contributed by atoms with Crippen molar-refractivity contribution in [3.63, 3.8) is 0 Å². The number of hydrogen-bond acceptors (Lipinski definition) is 4. The van der Waals surface area contributed by atoms with E-state index in [4.69, 9.17) is 11.6 Å². The van der Waals surface area contributed by atoms with Crippen LogP contribution in [-0.2, 0) is 4.79 Å². The van der Waals surface area contributed by atoms with Gasteiger partial charge in [-0.3, -0.25) is 19.8 Å². The van der Waals surface area contributed by atoms with Crippen molar-refractivity contribution in [1.82, 2.24) is 0 Å². The Balaban J connectivity index is 2.00. The SMILES string of the molecule is O=C1CS[C@H](c2cccc([N+](=O)[O-])c2)N1c1cccc(Cl)c1. The minimum atomic E-state index is -0.436. The van der Waals surface area contributed by atoms with Crippen molar-refractivity contribution in [1.29, 1.82) is 0 Å². The molecule has 5 nitrogen and oxygen atoms in total. The quantitative estimate of drug-likeness (QED) is 0.628. The van der Waals surface area contributed by atoms with Gasteiger partial charge in [0.25, 0.3) is 5.69 Å². The van der Waals surface area contributed by atoms with Crippen LogP contribution in [0.2, 0.25) is 5.02 Å². The summed E-state index contributed by atoms with van der Waals surface area (Å²) in [5.41, 5.74) is 1.44. The zero-order valence-electron chi connectivity index (χ0n) is 11.3. The maximum atomic E-state index is 12.2. The van der Waals surface area contributed by atoms with Crippen LogP contribution in [0.1, 0.15) is 10.9 Å². The largest absolute Gasteiger partial charge is 0.295 e. The second kappa shape index (κ2) is 5.98. The van der Waals surface area contributed by atoms with E-state index < -0.39 is 4.92 Å². The molecule has 22 heavy (non-hydrogen) atoms. The van der Waals surface area contributed by atoms with Crippen LogP contribution in [0.4, 0.5) is 11.4 Å². The first kappa shape index (κ1) is 14.9. The number of benzene rings is 2. The first-order valence-electron chi connectivity index (χ1n) is 6.50. The van der Waals surface area contributed by atoms with Gasteiger partial charge in [-0.05, 0) is 23.8 Å². The van der Waals surface area contributed by atoms with Crippen molar-refractivity contribution in [3.8, 4) is 0 Å². The van der Waals surface area contributed by atoms with Gasteiger partial charge >= 0.3 is 0 Å². The molecule has 1 aliphatic rings. The van der Waals surface area contributed by atoms with Crippen LogP contribution >= 0.6 is 23.4 Å². The van der Waals surface area contributed by atoms with Gasteiger partial charge in [-0.15, -0.1) is 11.8 Å². The fraction of sp³-hybridized carbons (Fsp3) is 0.133. The molecule has 1 saturated heterocycles. The number of nitro groups is 1. The Labute approximate surface area is 136 Å². The molecule has 0 unspecified atom stereocenters. The van der Waals surface area contributed by atoms with E-state index >= 15 is 0 Å². The van der Waals surface area contributed by atoms with Crippen molar-refractivity contribution in [2.24, 2.45) is 0 Å². The van der Waals surface area contributed by atoms with E-state index in [0.717, 1.165) is 5.56 Å². The number of hydrogen-bond donors (Lipinski definition) is 0. The highest BCUT2D eigenvalue weighted by atomic mass is 35.5. The zero-order chi connectivity index (χ0) is 15.7. The molecule has 1 atom stereocenters. The van der Waals surface area contributed by atoms with Crippen LogP contribution in [0, 0.1) is 10.1 Å². The molecule has 0 spiro atoms. The van der Waals surface area contributed by atoms with E-state index in [0.29, 0.717) is 16.5 Å². The van der Waals surface area contributed by atoms with Gasteiger partial charge in [0.05, 0.1) is 10.7 Å².